The van der Waals surface area contributed by atoms with Crippen LogP contribution < -0.4 is 4.74 Å². The average Bonchev–Trinajstić information content (AvgIpc) is 3.08. The number of aromatic nitrogens is 2. The molecule has 3 rings (SSSR count). The first kappa shape index (κ1) is 18.2. The van der Waals surface area contributed by atoms with E-state index in [1.54, 1.807) is 25.1 Å². The number of carbonyl (C=O) groups is 1. The molecular weight excluding hydrogens is 342 g/mol. The van der Waals surface area contributed by atoms with E-state index in [2.05, 4.69) is 16.0 Å². The van der Waals surface area contributed by atoms with Crippen molar-refractivity contribution in [3.8, 4) is 11.8 Å². The Morgan fingerprint density at radius 2 is 2.11 bits per heavy atom. The lowest BCUT2D eigenvalue weighted by atomic mass is 10.1. The minimum absolute atomic E-state index is 0.190. The number of fused-ring (bicyclic) bond motifs is 1. The summed E-state index contributed by atoms with van der Waals surface area (Å²) in [7, 11) is 0. The average molecular weight is 361 g/mol. The van der Waals surface area contributed by atoms with Gasteiger partial charge < -0.3 is 14.5 Å². The van der Waals surface area contributed by atoms with Crippen LogP contribution in [0.4, 0.5) is 0 Å². The molecule has 3 aromatic rings. The third-order valence-electron chi connectivity index (χ3n) is 3.88. The highest BCUT2D eigenvalue weighted by atomic mass is 16.6. The van der Waals surface area contributed by atoms with E-state index < -0.39 is 5.97 Å². The van der Waals surface area contributed by atoms with E-state index in [1.807, 2.05) is 37.3 Å². The number of esters is 1. The van der Waals surface area contributed by atoms with Crippen LogP contribution in [0.15, 0.2) is 42.5 Å². The molecule has 0 aliphatic carbocycles. The molecule has 0 atom stereocenters. The SMILES string of the molecule is CCOC(=O)COc1ccccc1C=C(C#N)c1nc2ccc(C)cc2[nH]1. The molecule has 0 saturated carbocycles. The molecule has 0 amide bonds. The van der Waals surface area contributed by atoms with Gasteiger partial charge in [0, 0.05) is 5.56 Å². The van der Waals surface area contributed by atoms with Gasteiger partial charge in [-0.2, -0.15) is 5.26 Å². The molecular formula is C21H19N3O3. The number of aryl methyl sites for hydroxylation is 1. The molecule has 0 aliphatic heterocycles. The summed E-state index contributed by atoms with van der Waals surface area (Å²) >= 11 is 0. The zero-order valence-electron chi connectivity index (χ0n) is 15.2. The van der Waals surface area contributed by atoms with Crippen molar-refractivity contribution in [2.75, 3.05) is 13.2 Å². The third kappa shape index (κ3) is 4.33. The lowest BCUT2D eigenvalue weighted by molar-refractivity contribution is -0.145. The van der Waals surface area contributed by atoms with Crippen molar-refractivity contribution < 1.29 is 14.3 Å². The van der Waals surface area contributed by atoms with Crippen molar-refractivity contribution in [3.63, 3.8) is 0 Å². The molecule has 1 N–H and O–H groups in total. The number of carbonyl (C=O) groups excluding carboxylic acids is 1. The number of ether oxygens (including phenoxy) is 2. The molecule has 1 heterocycles. The van der Waals surface area contributed by atoms with Crippen LogP contribution in [0.5, 0.6) is 5.75 Å². The minimum atomic E-state index is -0.440. The summed E-state index contributed by atoms with van der Waals surface area (Å²) in [6, 6.07) is 15.2. The Labute approximate surface area is 157 Å². The van der Waals surface area contributed by atoms with Crippen molar-refractivity contribution in [1.82, 2.24) is 9.97 Å². The summed E-state index contributed by atoms with van der Waals surface area (Å²) < 4.78 is 10.4. The summed E-state index contributed by atoms with van der Waals surface area (Å²) in [6.07, 6.45) is 1.69. The van der Waals surface area contributed by atoms with Gasteiger partial charge in [0.25, 0.3) is 0 Å². The molecule has 136 valence electrons. The van der Waals surface area contributed by atoms with E-state index in [0.29, 0.717) is 29.3 Å². The third-order valence-corrected chi connectivity index (χ3v) is 3.88. The van der Waals surface area contributed by atoms with Gasteiger partial charge >= 0.3 is 5.97 Å². The Bertz CT molecular complexity index is 1040. The van der Waals surface area contributed by atoms with Gasteiger partial charge in [-0.05, 0) is 43.7 Å². The van der Waals surface area contributed by atoms with Gasteiger partial charge in [-0.1, -0.05) is 24.3 Å². The van der Waals surface area contributed by atoms with Gasteiger partial charge in [-0.15, -0.1) is 0 Å². The summed E-state index contributed by atoms with van der Waals surface area (Å²) in [5, 5.41) is 9.61. The zero-order valence-corrected chi connectivity index (χ0v) is 15.2. The number of aromatic amines is 1. The second kappa shape index (κ2) is 8.19. The van der Waals surface area contributed by atoms with Crippen LogP contribution in [0, 0.1) is 18.3 Å². The van der Waals surface area contributed by atoms with Crippen LogP contribution in [-0.2, 0) is 9.53 Å². The van der Waals surface area contributed by atoms with Crippen molar-refractivity contribution in [3.05, 3.63) is 59.4 Å². The lowest BCUT2D eigenvalue weighted by Crippen LogP contribution is -2.14. The molecule has 2 aromatic carbocycles. The number of rotatable bonds is 6. The number of hydrogen-bond acceptors (Lipinski definition) is 5. The van der Waals surface area contributed by atoms with Gasteiger partial charge in [0.1, 0.15) is 17.6 Å². The maximum Gasteiger partial charge on any atom is 0.344 e. The Balaban J connectivity index is 1.91. The predicted octanol–water partition coefficient (Wildman–Crippen LogP) is 3.88. The first-order valence-corrected chi connectivity index (χ1v) is 8.56. The summed E-state index contributed by atoms with van der Waals surface area (Å²) in [6.45, 7) is 3.85. The number of hydrogen-bond donors (Lipinski definition) is 1. The quantitative estimate of drug-likeness (QED) is 0.532. The number of benzene rings is 2. The first-order chi connectivity index (χ1) is 13.1. The number of nitriles is 1. The van der Waals surface area contributed by atoms with Crippen molar-refractivity contribution >= 4 is 28.7 Å². The van der Waals surface area contributed by atoms with Crippen molar-refractivity contribution in [1.29, 1.82) is 5.26 Å². The first-order valence-electron chi connectivity index (χ1n) is 8.56. The smallest absolute Gasteiger partial charge is 0.344 e. The normalized spacial score (nSPS) is 11.2. The van der Waals surface area contributed by atoms with Crippen LogP contribution in [-0.4, -0.2) is 29.2 Å². The fourth-order valence-electron chi connectivity index (χ4n) is 2.63. The molecule has 0 saturated heterocycles. The molecule has 6 heteroatoms. The van der Waals surface area contributed by atoms with Crippen molar-refractivity contribution in [2.24, 2.45) is 0 Å². The van der Waals surface area contributed by atoms with E-state index in [-0.39, 0.29) is 6.61 Å². The van der Waals surface area contributed by atoms with Crippen LogP contribution in [0.3, 0.4) is 0 Å². The zero-order chi connectivity index (χ0) is 19.2. The molecule has 1 aromatic heterocycles. The Morgan fingerprint density at radius 3 is 2.89 bits per heavy atom. The van der Waals surface area contributed by atoms with Gasteiger partial charge in [0.15, 0.2) is 6.61 Å². The molecule has 0 fully saturated rings. The van der Waals surface area contributed by atoms with Crippen molar-refractivity contribution in [2.45, 2.75) is 13.8 Å². The number of nitrogens with zero attached hydrogens (tertiary/aromatic N) is 2. The Kier molecular flexibility index (Phi) is 5.53. The van der Waals surface area contributed by atoms with E-state index in [1.165, 1.54) is 0 Å². The molecule has 0 bridgehead atoms. The molecule has 6 nitrogen and oxygen atoms in total. The largest absolute Gasteiger partial charge is 0.481 e. The second-order valence-electron chi connectivity index (χ2n) is 5.91. The fraction of sp³-hybridized carbons (Fsp3) is 0.190. The number of H-pyrrole nitrogens is 1. The summed E-state index contributed by atoms with van der Waals surface area (Å²) in [5.74, 6) is 0.535. The van der Waals surface area contributed by atoms with Gasteiger partial charge in [0.05, 0.1) is 23.2 Å². The molecule has 0 radical (unpaired) electrons. The number of allylic oxidation sites excluding steroid dienone is 1. The maximum atomic E-state index is 11.5. The van der Waals surface area contributed by atoms with Crippen LogP contribution >= 0.6 is 0 Å². The summed E-state index contributed by atoms with van der Waals surface area (Å²) in [5.41, 5.74) is 3.82. The van der Waals surface area contributed by atoms with Crippen LogP contribution in [0.25, 0.3) is 22.7 Å². The highest BCUT2D eigenvalue weighted by molar-refractivity contribution is 5.91. The van der Waals surface area contributed by atoms with Crippen LogP contribution in [0.2, 0.25) is 0 Å². The maximum absolute atomic E-state index is 11.5. The summed E-state index contributed by atoms with van der Waals surface area (Å²) in [4.78, 5) is 19.2. The van der Waals surface area contributed by atoms with E-state index >= 15 is 0 Å². The van der Waals surface area contributed by atoms with E-state index in [9.17, 15) is 10.1 Å². The Hall–Kier alpha value is -3.59. The topological polar surface area (TPSA) is 88.0 Å². The number of nitrogens with one attached hydrogen (secondary N) is 1. The lowest BCUT2D eigenvalue weighted by Gasteiger charge is -2.08. The highest BCUT2D eigenvalue weighted by Gasteiger charge is 2.11. The van der Waals surface area contributed by atoms with E-state index in [4.69, 9.17) is 9.47 Å². The monoisotopic (exact) mass is 361 g/mol. The molecule has 0 unspecified atom stereocenters. The molecule has 0 aliphatic rings. The Morgan fingerprint density at radius 1 is 1.30 bits per heavy atom. The standard InChI is InChI=1S/C21H19N3O3/c1-3-26-20(25)13-27-19-7-5-4-6-15(19)11-16(12-22)21-23-17-9-8-14(2)10-18(17)24-21/h4-11H,3,13H2,1-2H3,(H,23,24). The second-order valence-corrected chi connectivity index (χ2v) is 5.91. The van der Waals surface area contributed by atoms with Gasteiger partial charge in [-0.25, -0.2) is 9.78 Å². The van der Waals surface area contributed by atoms with Gasteiger partial charge in [-0.3, -0.25) is 0 Å². The number of para-hydroxylation sites is 1. The molecule has 27 heavy (non-hydrogen) atoms. The van der Waals surface area contributed by atoms with E-state index in [0.717, 1.165) is 16.6 Å². The van der Waals surface area contributed by atoms with Crippen LogP contribution in [0.1, 0.15) is 23.9 Å². The highest BCUT2D eigenvalue weighted by Crippen LogP contribution is 2.25. The molecule has 0 spiro atoms. The fourth-order valence-corrected chi connectivity index (χ4v) is 2.63. The van der Waals surface area contributed by atoms with Gasteiger partial charge in [0.2, 0.25) is 0 Å². The predicted molar refractivity (Wildman–Crippen MR) is 103 cm³/mol. The minimum Gasteiger partial charge on any atom is -0.481 e. The number of imidazole rings is 1.